The van der Waals surface area contributed by atoms with Crippen molar-refractivity contribution in [1.82, 2.24) is 5.32 Å². The van der Waals surface area contributed by atoms with Gasteiger partial charge in [0, 0.05) is 11.6 Å². The van der Waals surface area contributed by atoms with E-state index in [1.807, 2.05) is 24.3 Å². The van der Waals surface area contributed by atoms with Crippen LogP contribution in [0.25, 0.3) is 11.1 Å². The molecule has 0 saturated heterocycles. The van der Waals surface area contributed by atoms with Crippen LogP contribution in [-0.4, -0.2) is 28.9 Å². The summed E-state index contributed by atoms with van der Waals surface area (Å²) in [5, 5.41) is 18.6. The van der Waals surface area contributed by atoms with Crippen LogP contribution < -0.4 is 16.0 Å². The summed E-state index contributed by atoms with van der Waals surface area (Å²) in [5.41, 5.74) is 2.92. The molecule has 4 rings (SSSR count). The van der Waals surface area contributed by atoms with Crippen LogP contribution in [-0.2, 0) is 14.4 Å². The highest BCUT2D eigenvalue weighted by atomic mass is 19.1. The number of halogens is 2. The monoisotopic (exact) mass is 507 g/mol. The maximum atomic E-state index is 13.6. The number of aliphatic hydroxyl groups excluding tert-OH is 1. The van der Waals surface area contributed by atoms with E-state index in [2.05, 4.69) is 16.0 Å². The third kappa shape index (κ3) is 5.36. The number of nitrogens with one attached hydrogen (secondary N) is 3. The summed E-state index contributed by atoms with van der Waals surface area (Å²) in [6.45, 7) is 5.22. The Morgan fingerprint density at radius 1 is 0.973 bits per heavy atom. The van der Waals surface area contributed by atoms with E-state index in [4.69, 9.17) is 0 Å². The van der Waals surface area contributed by atoms with E-state index in [9.17, 15) is 28.3 Å². The number of rotatable bonds is 6. The minimum atomic E-state index is -1.88. The zero-order valence-corrected chi connectivity index (χ0v) is 20.5. The molecule has 0 aromatic heterocycles. The van der Waals surface area contributed by atoms with E-state index in [0.717, 1.165) is 23.3 Å². The fourth-order valence-electron chi connectivity index (χ4n) is 4.40. The summed E-state index contributed by atoms with van der Waals surface area (Å²) in [6.07, 6.45) is -1.88. The minimum Gasteiger partial charge on any atom is -0.378 e. The summed E-state index contributed by atoms with van der Waals surface area (Å²) in [6, 6.07) is 13.8. The Balaban J connectivity index is 1.62. The Bertz CT molecular complexity index is 1360. The molecule has 7 nitrogen and oxygen atoms in total. The smallest absolute Gasteiger partial charge is 0.254 e. The van der Waals surface area contributed by atoms with Crippen molar-refractivity contribution < 1.29 is 28.3 Å². The number of hydrogen-bond donors (Lipinski definition) is 4. The highest BCUT2D eigenvalue weighted by Crippen LogP contribution is 2.42. The van der Waals surface area contributed by atoms with Crippen molar-refractivity contribution in [2.24, 2.45) is 5.92 Å². The van der Waals surface area contributed by atoms with Gasteiger partial charge in [0.15, 0.2) is 6.10 Å². The van der Waals surface area contributed by atoms with Crippen LogP contribution in [0.5, 0.6) is 0 Å². The second kappa shape index (κ2) is 10.5. The van der Waals surface area contributed by atoms with E-state index in [1.54, 1.807) is 39.0 Å². The van der Waals surface area contributed by atoms with Crippen molar-refractivity contribution in [3.05, 3.63) is 83.4 Å². The Hall–Kier alpha value is -4.11. The number of aliphatic hydroxyl groups is 1. The molecule has 192 valence electrons. The van der Waals surface area contributed by atoms with Gasteiger partial charge in [-0.25, -0.2) is 8.78 Å². The topological polar surface area (TPSA) is 108 Å². The first-order chi connectivity index (χ1) is 17.6. The lowest BCUT2D eigenvalue weighted by atomic mass is 9.91. The Morgan fingerprint density at radius 3 is 2.32 bits per heavy atom. The number of carbonyl (C=O) groups excluding carboxylic acids is 3. The molecule has 1 unspecified atom stereocenters. The molecular formula is C28H27F2N3O4. The average Bonchev–Trinajstić information content (AvgIpc) is 2.95. The highest BCUT2D eigenvalue weighted by molar-refractivity contribution is 6.09. The molecule has 9 heteroatoms. The second-order valence-electron chi connectivity index (χ2n) is 9.35. The third-order valence-corrected chi connectivity index (χ3v) is 6.37. The van der Waals surface area contributed by atoms with Crippen LogP contribution in [0.15, 0.2) is 60.7 Å². The van der Waals surface area contributed by atoms with E-state index in [-0.39, 0.29) is 11.5 Å². The summed E-state index contributed by atoms with van der Waals surface area (Å²) in [4.78, 5) is 38.8. The van der Waals surface area contributed by atoms with Gasteiger partial charge in [0.25, 0.3) is 5.91 Å². The molecular weight excluding hydrogens is 480 g/mol. The highest BCUT2D eigenvalue weighted by Gasteiger charge is 2.31. The molecule has 3 amide bonds. The standard InChI is InChI=1S/C28H27F2N3O4/c1-14(2)24(33-28(37)25(34)16-11-17(29)13-18(30)12-16)27(36)32-22-10-6-9-21-23(22)20-8-5-4-7-19(20)15(3)26(35)31-21/h4-15,24-25,34H,1-3H3,(H,31,35)(H,32,36)(H,33,37)/t15?,24-,25-/m0/s1. The van der Waals surface area contributed by atoms with Crippen molar-refractivity contribution in [3.8, 4) is 11.1 Å². The molecule has 1 heterocycles. The van der Waals surface area contributed by atoms with E-state index in [0.29, 0.717) is 23.0 Å². The van der Waals surface area contributed by atoms with Crippen LogP contribution in [0.1, 0.15) is 43.9 Å². The Labute approximate surface area is 212 Å². The lowest BCUT2D eigenvalue weighted by molar-refractivity contribution is -0.133. The lowest BCUT2D eigenvalue weighted by Crippen LogP contribution is -2.48. The summed E-state index contributed by atoms with van der Waals surface area (Å²) in [5.74, 6) is -4.39. The molecule has 0 aliphatic carbocycles. The van der Waals surface area contributed by atoms with Crippen LogP contribution in [0.4, 0.5) is 20.2 Å². The van der Waals surface area contributed by atoms with Gasteiger partial charge in [-0.15, -0.1) is 0 Å². The predicted molar refractivity (Wildman–Crippen MR) is 136 cm³/mol. The molecule has 1 aliphatic rings. The van der Waals surface area contributed by atoms with Crippen LogP contribution in [0.3, 0.4) is 0 Å². The fourth-order valence-corrected chi connectivity index (χ4v) is 4.40. The molecule has 37 heavy (non-hydrogen) atoms. The molecule has 0 bridgehead atoms. The molecule has 0 fully saturated rings. The van der Waals surface area contributed by atoms with E-state index < -0.39 is 47.4 Å². The molecule has 3 aromatic carbocycles. The number of anilines is 2. The van der Waals surface area contributed by atoms with E-state index >= 15 is 0 Å². The zero-order chi connectivity index (χ0) is 26.9. The summed E-state index contributed by atoms with van der Waals surface area (Å²) in [7, 11) is 0. The van der Waals surface area contributed by atoms with E-state index in [1.165, 1.54) is 0 Å². The van der Waals surface area contributed by atoms with Crippen LogP contribution >= 0.6 is 0 Å². The number of fused-ring (bicyclic) bond motifs is 3. The SMILES string of the molecule is CC1C(=O)Nc2cccc(NC(=O)[C@@H](NC(=O)[C@@H](O)c3cc(F)cc(F)c3)C(C)C)c2-c2ccccc21. The van der Waals surface area contributed by atoms with Crippen LogP contribution in [0.2, 0.25) is 0 Å². The van der Waals surface area contributed by atoms with Gasteiger partial charge in [-0.1, -0.05) is 44.2 Å². The van der Waals surface area contributed by atoms with Gasteiger partial charge >= 0.3 is 0 Å². The largest absolute Gasteiger partial charge is 0.378 e. The Morgan fingerprint density at radius 2 is 1.65 bits per heavy atom. The quantitative estimate of drug-likeness (QED) is 0.394. The summed E-state index contributed by atoms with van der Waals surface area (Å²) < 4.78 is 27.1. The molecule has 0 radical (unpaired) electrons. The van der Waals surface area contributed by atoms with Crippen molar-refractivity contribution in [2.75, 3.05) is 10.6 Å². The minimum absolute atomic E-state index is 0.176. The van der Waals surface area contributed by atoms with Gasteiger partial charge in [-0.3, -0.25) is 14.4 Å². The second-order valence-corrected chi connectivity index (χ2v) is 9.35. The van der Waals surface area contributed by atoms with Crippen molar-refractivity contribution in [1.29, 1.82) is 0 Å². The summed E-state index contributed by atoms with van der Waals surface area (Å²) >= 11 is 0. The van der Waals surface area contributed by atoms with Gasteiger partial charge in [-0.05, 0) is 53.8 Å². The Kier molecular flexibility index (Phi) is 7.35. The fraction of sp³-hybridized carbons (Fsp3) is 0.250. The molecule has 3 aromatic rings. The van der Waals surface area contributed by atoms with Gasteiger partial charge in [0.1, 0.15) is 17.7 Å². The van der Waals surface area contributed by atoms with Gasteiger partial charge in [-0.2, -0.15) is 0 Å². The van der Waals surface area contributed by atoms with Gasteiger partial charge < -0.3 is 21.1 Å². The molecule has 1 aliphatic heterocycles. The maximum absolute atomic E-state index is 13.6. The maximum Gasteiger partial charge on any atom is 0.254 e. The number of hydrogen-bond acceptors (Lipinski definition) is 4. The number of benzene rings is 3. The predicted octanol–water partition coefficient (Wildman–Crippen LogP) is 4.50. The number of amides is 3. The van der Waals surface area contributed by atoms with Crippen molar-refractivity contribution in [2.45, 2.75) is 38.8 Å². The first kappa shape index (κ1) is 26.0. The molecule has 0 saturated carbocycles. The lowest BCUT2D eigenvalue weighted by Gasteiger charge is -2.24. The molecule has 0 spiro atoms. The zero-order valence-electron chi connectivity index (χ0n) is 20.5. The molecule has 3 atom stereocenters. The first-order valence-electron chi connectivity index (χ1n) is 11.8. The van der Waals surface area contributed by atoms with Crippen molar-refractivity contribution >= 4 is 29.1 Å². The first-order valence-corrected chi connectivity index (χ1v) is 11.8. The average molecular weight is 508 g/mol. The third-order valence-electron chi connectivity index (χ3n) is 6.37. The van der Waals surface area contributed by atoms with Crippen LogP contribution in [0, 0.1) is 17.6 Å². The van der Waals surface area contributed by atoms with Crippen molar-refractivity contribution in [3.63, 3.8) is 0 Å². The number of carbonyl (C=O) groups is 3. The van der Waals surface area contributed by atoms with Gasteiger partial charge in [0.2, 0.25) is 11.8 Å². The molecule has 4 N–H and O–H groups in total. The van der Waals surface area contributed by atoms with Gasteiger partial charge in [0.05, 0.1) is 17.3 Å². The normalized spacial score (nSPS) is 16.1.